The monoisotopic (exact) mass is 257 g/mol. The lowest BCUT2D eigenvalue weighted by molar-refractivity contribution is -0.130. The molecule has 4 nitrogen and oxygen atoms in total. The molecule has 1 aliphatic rings. The Hall–Kier alpha value is -0.610. The molecule has 0 heterocycles. The van der Waals surface area contributed by atoms with Crippen LogP contribution in [0.25, 0.3) is 0 Å². The summed E-state index contributed by atoms with van der Waals surface area (Å²) in [5.41, 5.74) is 0.105. The summed E-state index contributed by atoms with van der Waals surface area (Å²) in [4.78, 5) is 12.1. The minimum absolute atomic E-state index is 0.105. The summed E-state index contributed by atoms with van der Waals surface area (Å²) in [6.45, 7) is 5.20. The lowest BCUT2D eigenvalue weighted by atomic mass is 9.68. The first-order valence-corrected chi connectivity index (χ1v) is 6.92. The molecule has 1 rings (SSSR count). The number of nitrogens with one attached hydrogen (secondary N) is 1. The van der Waals surface area contributed by atoms with E-state index in [1.807, 2.05) is 0 Å². The average molecular weight is 257 g/mol. The number of hydrogen-bond acceptors (Lipinski definition) is 3. The second-order valence-corrected chi connectivity index (χ2v) is 5.98. The van der Waals surface area contributed by atoms with E-state index in [-0.39, 0.29) is 17.2 Å². The zero-order chi connectivity index (χ0) is 13.6. The van der Waals surface area contributed by atoms with Gasteiger partial charge < -0.3 is 15.2 Å². The van der Waals surface area contributed by atoms with Crippen molar-refractivity contribution in [3.63, 3.8) is 0 Å². The van der Waals surface area contributed by atoms with E-state index < -0.39 is 6.10 Å². The van der Waals surface area contributed by atoms with Crippen LogP contribution in [0.4, 0.5) is 0 Å². The van der Waals surface area contributed by atoms with Crippen molar-refractivity contribution in [2.24, 2.45) is 11.3 Å². The van der Waals surface area contributed by atoms with E-state index in [1.165, 1.54) is 6.42 Å². The Kier molecular flexibility index (Phi) is 6.09. The summed E-state index contributed by atoms with van der Waals surface area (Å²) in [6.07, 6.45) is 4.54. The Bertz CT molecular complexity index is 266. The van der Waals surface area contributed by atoms with E-state index in [0.717, 1.165) is 19.3 Å². The van der Waals surface area contributed by atoms with Gasteiger partial charge in [0.2, 0.25) is 5.91 Å². The Labute approximate surface area is 110 Å². The third kappa shape index (κ3) is 4.58. The topological polar surface area (TPSA) is 58.6 Å². The van der Waals surface area contributed by atoms with Gasteiger partial charge in [0.1, 0.15) is 0 Å². The molecule has 1 aliphatic carbocycles. The molecule has 0 spiro atoms. The number of aliphatic hydroxyl groups is 1. The van der Waals surface area contributed by atoms with Crippen LogP contribution >= 0.6 is 0 Å². The van der Waals surface area contributed by atoms with Crippen LogP contribution in [0.15, 0.2) is 0 Å². The molecule has 0 saturated heterocycles. The predicted molar refractivity (Wildman–Crippen MR) is 71.2 cm³/mol. The maximum absolute atomic E-state index is 12.1. The maximum Gasteiger partial charge on any atom is 0.223 e. The van der Waals surface area contributed by atoms with E-state index >= 15 is 0 Å². The van der Waals surface area contributed by atoms with Crippen molar-refractivity contribution in [2.75, 3.05) is 20.3 Å². The SMILES string of the molecule is COCC(O)CCNC(=O)C1CCCCC1(C)C. The normalized spacial score (nSPS) is 24.6. The number of carbonyl (C=O) groups excluding carboxylic acids is 1. The molecule has 18 heavy (non-hydrogen) atoms. The molecule has 1 amide bonds. The van der Waals surface area contributed by atoms with Gasteiger partial charge in [-0.3, -0.25) is 4.79 Å². The highest BCUT2D eigenvalue weighted by Crippen LogP contribution is 2.40. The molecule has 106 valence electrons. The summed E-state index contributed by atoms with van der Waals surface area (Å²) in [6, 6.07) is 0. The van der Waals surface area contributed by atoms with E-state index in [1.54, 1.807) is 7.11 Å². The molecule has 4 heteroatoms. The molecule has 0 bridgehead atoms. The standard InChI is InChI=1S/C14H27NO3/c1-14(2)8-5-4-6-12(14)13(17)15-9-7-11(16)10-18-3/h11-12,16H,4-10H2,1-3H3,(H,15,17). The highest BCUT2D eigenvalue weighted by atomic mass is 16.5. The van der Waals surface area contributed by atoms with Crippen molar-refractivity contribution < 1.29 is 14.6 Å². The van der Waals surface area contributed by atoms with Crippen molar-refractivity contribution in [3.05, 3.63) is 0 Å². The lowest BCUT2D eigenvalue weighted by Gasteiger charge is -2.37. The largest absolute Gasteiger partial charge is 0.391 e. The second kappa shape index (κ2) is 7.10. The van der Waals surface area contributed by atoms with Gasteiger partial charge in [-0.05, 0) is 24.7 Å². The average Bonchev–Trinajstić information content (AvgIpc) is 2.28. The van der Waals surface area contributed by atoms with Gasteiger partial charge in [-0.15, -0.1) is 0 Å². The van der Waals surface area contributed by atoms with Crippen LogP contribution in [-0.2, 0) is 9.53 Å². The fraction of sp³-hybridized carbons (Fsp3) is 0.929. The van der Waals surface area contributed by atoms with Crippen LogP contribution in [0.2, 0.25) is 0 Å². The van der Waals surface area contributed by atoms with Crippen LogP contribution < -0.4 is 5.32 Å². The molecule has 2 N–H and O–H groups in total. The van der Waals surface area contributed by atoms with Crippen molar-refractivity contribution >= 4 is 5.91 Å². The number of amides is 1. The van der Waals surface area contributed by atoms with E-state index in [0.29, 0.717) is 19.6 Å². The highest BCUT2D eigenvalue weighted by molar-refractivity contribution is 5.79. The Morgan fingerprint density at radius 1 is 1.50 bits per heavy atom. The third-order valence-corrected chi connectivity index (χ3v) is 3.96. The molecule has 2 unspecified atom stereocenters. The number of aliphatic hydroxyl groups excluding tert-OH is 1. The lowest BCUT2D eigenvalue weighted by Crippen LogP contribution is -2.42. The fourth-order valence-corrected chi connectivity index (χ4v) is 2.74. The van der Waals surface area contributed by atoms with Crippen LogP contribution in [0.3, 0.4) is 0 Å². The Morgan fingerprint density at radius 3 is 2.83 bits per heavy atom. The maximum atomic E-state index is 12.1. The van der Waals surface area contributed by atoms with Gasteiger partial charge in [0.25, 0.3) is 0 Å². The number of rotatable bonds is 6. The van der Waals surface area contributed by atoms with Crippen LogP contribution in [-0.4, -0.2) is 37.4 Å². The van der Waals surface area contributed by atoms with Crippen LogP contribution in [0, 0.1) is 11.3 Å². The van der Waals surface area contributed by atoms with E-state index in [9.17, 15) is 9.90 Å². The zero-order valence-electron chi connectivity index (χ0n) is 11.9. The molecular weight excluding hydrogens is 230 g/mol. The Balaban J connectivity index is 2.31. The molecule has 1 fully saturated rings. The van der Waals surface area contributed by atoms with Gasteiger partial charge in [0.05, 0.1) is 12.7 Å². The van der Waals surface area contributed by atoms with Crippen molar-refractivity contribution in [1.29, 1.82) is 0 Å². The minimum Gasteiger partial charge on any atom is -0.391 e. The van der Waals surface area contributed by atoms with Crippen LogP contribution in [0.5, 0.6) is 0 Å². The molecule has 0 aromatic carbocycles. The summed E-state index contributed by atoms with van der Waals surface area (Å²) in [5, 5.41) is 12.4. The summed E-state index contributed by atoms with van der Waals surface area (Å²) >= 11 is 0. The predicted octanol–water partition coefficient (Wildman–Crippen LogP) is 1.72. The van der Waals surface area contributed by atoms with Crippen molar-refractivity contribution in [1.82, 2.24) is 5.32 Å². The Morgan fingerprint density at radius 2 is 2.22 bits per heavy atom. The van der Waals surface area contributed by atoms with Crippen molar-refractivity contribution in [3.8, 4) is 0 Å². The first kappa shape index (κ1) is 15.4. The first-order valence-electron chi connectivity index (χ1n) is 6.92. The van der Waals surface area contributed by atoms with Gasteiger partial charge >= 0.3 is 0 Å². The molecule has 1 saturated carbocycles. The molecule has 2 atom stereocenters. The van der Waals surface area contributed by atoms with Gasteiger partial charge in [-0.1, -0.05) is 26.7 Å². The summed E-state index contributed by atoms with van der Waals surface area (Å²) < 4.78 is 4.85. The second-order valence-electron chi connectivity index (χ2n) is 5.98. The first-order chi connectivity index (χ1) is 8.47. The number of methoxy groups -OCH3 is 1. The molecule has 0 aromatic rings. The van der Waals surface area contributed by atoms with Gasteiger partial charge in [-0.2, -0.15) is 0 Å². The quantitative estimate of drug-likeness (QED) is 0.761. The fourth-order valence-electron chi connectivity index (χ4n) is 2.74. The molecular formula is C14H27NO3. The molecule has 0 aromatic heterocycles. The van der Waals surface area contributed by atoms with E-state index in [4.69, 9.17) is 4.74 Å². The summed E-state index contributed by atoms with van der Waals surface area (Å²) in [5.74, 6) is 0.259. The van der Waals surface area contributed by atoms with Crippen LogP contribution in [0.1, 0.15) is 46.0 Å². The van der Waals surface area contributed by atoms with Crippen molar-refractivity contribution in [2.45, 2.75) is 52.1 Å². The van der Waals surface area contributed by atoms with E-state index in [2.05, 4.69) is 19.2 Å². The third-order valence-electron chi connectivity index (χ3n) is 3.96. The smallest absolute Gasteiger partial charge is 0.223 e. The number of hydrogen-bond donors (Lipinski definition) is 2. The summed E-state index contributed by atoms with van der Waals surface area (Å²) in [7, 11) is 1.56. The number of ether oxygens (including phenoxy) is 1. The zero-order valence-corrected chi connectivity index (χ0v) is 11.9. The number of carbonyl (C=O) groups is 1. The van der Waals surface area contributed by atoms with Gasteiger partial charge in [0, 0.05) is 19.6 Å². The highest BCUT2D eigenvalue weighted by Gasteiger charge is 2.36. The molecule has 0 radical (unpaired) electrons. The van der Waals surface area contributed by atoms with Gasteiger partial charge in [-0.25, -0.2) is 0 Å². The minimum atomic E-state index is -0.491. The molecule has 0 aliphatic heterocycles. The van der Waals surface area contributed by atoms with Gasteiger partial charge in [0.15, 0.2) is 0 Å².